The number of thiocarbonyl (C=S) groups is 1. The van der Waals surface area contributed by atoms with E-state index in [4.69, 9.17) is 17.0 Å². The smallest absolute Gasteiger partial charge is 0.378 e. The first-order valence-electron chi connectivity index (χ1n) is 9.00. The Morgan fingerprint density at radius 3 is 2.21 bits per heavy atom. The highest BCUT2D eigenvalue weighted by Gasteiger charge is 2.29. The lowest BCUT2D eigenvalue weighted by molar-refractivity contribution is -0.137. The van der Waals surface area contributed by atoms with Gasteiger partial charge in [-0.3, -0.25) is 0 Å². The van der Waals surface area contributed by atoms with E-state index in [2.05, 4.69) is 27.7 Å². The lowest BCUT2D eigenvalue weighted by atomic mass is 10.1. The zero-order chi connectivity index (χ0) is 20.1. The minimum Gasteiger partial charge on any atom is -0.378 e. The molecule has 1 fully saturated rings. The van der Waals surface area contributed by atoms with Crippen LogP contribution in [0, 0.1) is 0 Å². The van der Waals surface area contributed by atoms with Crippen LogP contribution in [0.3, 0.4) is 0 Å². The third-order valence-corrected chi connectivity index (χ3v) is 4.81. The van der Waals surface area contributed by atoms with E-state index >= 15 is 0 Å². The Balaban J connectivity index is 1.55. The predicted molar refractivity (Wildman–Crippen MR) is 109 cm³/mol. The SMILES string of the molecule is C[C@@H](NC(=S)Nc1ccc(C(F)(F)F)cc1)c1ccc(N2CCOCC2)cc1. The van der Waals surface area contributed by atoms with E-state index in [1.807, 2.05) is 19.1 Å². The van der Waals surface area contributed by atoms with Crippen LogP contribution in [0.5, 0.6) is 0 Å². The molecule has 0 radical (unpaired) electrons. The molecule has 0 aromatic heterocycles. The summed E-state index contributed by atoms with van der Waals surface area (Å²) in [7, 11) is 0. The summed E-state index contributed by atoms with van der Waals surface area (Å²) in [6.45, 7) is 5.22. The van der Waals surface area contributed by atoms with Crippen molar-refractivity contribution in [1.29, 1.82) is 0 Å². The van der Waals surface area contributed by atoms with E-state index in [1.165, 1.54) is 12.1 Å². The van der Waals surface area contributed by atoms with Crippen LogP contribution in [0.25, 0.3) is 0 Å². The number of nitrogens with zero attached hydrogens (tertiary/aromatic N) is 1. The van der Waals surface area contributed by atoms with Gasteiger partial charge >= 0.3 is 6.18 Å². The average Bonchev–Trinajstić information content (AvgIpc) is 2.68. The fraction of sp³-hybridized carbons (Fsp3) is 0.350. The molecule has 1 heterocycles. The Kier molecular flexibility index (Phi) is 6.41. The predicted octanol–water partition coefficient (Wildman–Crippen LogP) is 4.59. The van der Waals surface area contributed by atoms with Gasteiger partial charge in [0, 0.05) is 24.5 Å². The van der Waals surface area contributed by atoms with Gasteiger partial charge in [0.2, 0.25) is 0 Å². The molecule has 1 aliphatic rings. The number of hydrogen-bond acceptors (Lipinski definition) is 3. The van der Waals surface area contributed by atoms with Gasteiger partial charge in [-0.15, -0.1) is 0 Å². The molecule has 1 saturated heterocycles. The fourth-order valence-electron chi connectivity index (χ4n) is 2.99. The molecule has 28 heavy (non-hydrogen) atoms. The number of alkyl halides is 3. The van der Waals surface area contributed by atoms with Crippen molar-refractivity contribution in [3.05, 3.63) is 59.7 Å². The average molecular weight is 409 g/mol. The first-order valence-corrected chi connectivity index (χ1v) is 9.41. The molecule has 8 heteroatoms. The molecule has 0 bridgehead atoms. The number of halogens is 3. The molecular weight excluding hydrogens is 387 g/mol. The molecule has 2 aromatic rings. The number of hydrogen-bond donors (Lipinski definition) is 2. The number of rotatable bonds is 4. The Hall–Kier alpha value is -2.32. The van der Waals surface area contributed by atoms with Crippen molar-refractivity contribution in [3.8, 4) is 0 Å². The maximum absolute atomic E-state index is 12.6. The highest BCUT2D eigenvalue weighted by Crippen LogP contribution is 2.29. The quantitative estimate of drug-likeness (QED) is 0.723. The third kappa shape index (κ3) is 5.36. The third-order valence-electron chi connectivity index (χ3n) is 4.59. The van der Waals surface area contributed by atoms with Gasteiger partial charge in [0.15, 0.2) is 5.11 Å². The highest BCUT2D eigenvalue weighted by atomic mass is 32.1. The van der Waals surface area contributed by atoms with Gasteiger partial charge in [0.1, 0.15) is 0 Å². The zero-order valence-electron chi connectivity index (χ0n) is 15.4. The van der Waals surface area contributed by atoms with Crippen LogP contribution in [0.2, 0.25) is 0 Å². The number of morpholine rings is 1. The Morgan fingerprint density at radius 1 is 1.04 bits per heavy atom. The maximum Gasteiger partial charge on any atom is 0.416 e. The molecule has 1 aliphatic heterocycles. The summed E-state index contributed by atoms with van der Waals surface area (Å²) < 4.78 is 43.2. The highest BCUT2D eigenvalue weighted by molar-refractivity contribution is 7.80. The van der Waals surface area contributed by atoms with Crippen LogP contribution in [-0.4, -0.2) is 31.4 Å². The summed E-state index contributed by atoms with van der Waals surface area (Å²) in [6.07, 6.45) is -4.35. The van der Waals surface area contributed by atoms with Gasteiger partial charge in [0.05, 0.1) is 24.8 Å². The monoisotopic (exact) mass is 409 g/mol. The second-order valence-electron chi connectivity index (χ2n) is 6.59. The second-order valence-corrected chi connectivity index (χ2v) is 6.99. The number of nitrogens with one attached hydrogen (secondary N) is 2. The summed E-state index contributed by atoms with van der Waals surface area (Å²) >= 11 is 5.28. The van der Waals surface area contributed by atoms with Crippen molar-refractivity contribution in [2.45, 2.75) is 19.1 Å². The summed E-state index contributed by atoms with van der Waals surface area (Å²) in [5.74, 6) is 0. The van der Waals surface area contributed by atoms with Crippen molar-refractivity contribution in [3.63, 3.8) is 0 Å². The molecule has 0 saturated carbocycles. The van der Waals surface area contributed by atoms with Crippen LogP contribution in [0.4, 0.5) is 24.5 Å². The van der Waals surface area contributed by atoms with E-state index in [1.54, 1.807) is 0 Å². The summed E-state index contributed by atoms with van der Waals surface area (Å²) in [5.41, 5.74) is 2.03. The zero-order valence-corrected chi connectivity index (χ0v) is 16.2. The van der Waals surface area contributed by atoms with E-state index < -0.39 is 11.7 Å². The molecule has 0 aliphatic carbocycles. The van der Waals surface area contributed by atoms with Gasteiger partial charge in [-0.1, -0.05) is 12.1 Å². The molecular formula is C20H22F3N3OS. The van der Waals surface area contributed by atoms with Crippen molar-refractivity contribution < 1.29 is 17.9 Å². The van der Waals surface area contributed by atoms with Gasteiger partial charge in [0.25, 0.3) is 0 Å². The first-order chi connectivity index (χ1) is 13.3. The molecule has 150 valence electrons. The van der Waals surface area contributed by atoms with E-state index in [-0.39, 0.29) is 6.04 Å². The summed E-state index contributed by atoms with van der Waals surface area (Å²) in [4.78, 5) is 2.28. The van der Waals surface area contributed by atoms with E-state index in [9.17, 15) is 13.2 Å². The standard InChI is InChI=1S/C20H22F3N3OS/c1-14(15-2-8-18(9-3-15)26-10-12-27-13-11-26)24-19(28)25-17-6-4-16(5-7-17)20(21,22)23/h2-9,14H,10-13H2,1H3,(H2,24,25,28)/t14-/m1/s1. The van der Waals surface area contributed by atoms with Crippen LogP contribution in [0.1, 0.15) is 24.1 Å². The van der Waals surface area contributed by atoms with Gasteiger partial charge in [-0.05, 0) is 61.1 Å². The fourth-order valence-corrected chi connectivity index (χ4v) is 3.28. The Morgan fingerprint density at radius 2 is 1.64 bits per heavy atom. The topological polar surface area (TPSA) is 36.5 Å². The van der Waals surface area contributed by atoms with Crippen LogP contribution >= 0.6 is 12.2 Å². The molecule has 0 unspecified atom stereocenters. The lowest BCUT2D eigenvalue weighted by Gasteiger charge is -2.29. The van der Waals surface area contributed by atoms with Crippen molar-refractivity contribution >= 4 is 28.7 Å². The van der Waals surface area contributed by atoms with Crippen molar-refractivity contribution in [1.82, 2.24) is 5.32 Å². The van der Waals surface area contributed by atoms with Gasteiger partial charge in [-0.2, -0.15) is 13.2 Å². The van der Waals surface area contributed by atoms with Crippen molar-refractivity contribution in [2.75, 3.05) is 36.5 Å². The molecule has 0 amide bonds. The largest absolute Gasteiger partial charge is 0.416 e. The molecule has 4 nitrogen and oxygen atoms in total. The van der Waals surface area contributed by atoms with E-state index in [0.29, 0.717) is 10.8 Å². The number of anilines is 2. The Bertz CT molecular complexity index is 788. The number of ether oxygens (including phenoxy) is 1. The molecule has 1 atom stereocenters. The van der Waals surface area contributed by atoms with E-state index in [0.717, 1.165) is 49.7 Å². The normalized spacial score (nSPS) is 15.8. The molecule has 2 aromatic carbocycles. The number of benzene rings is 2. The van der Waals surface area contributed by atoms with Crippen LogP contribution in [-0.2, 0) is 10.9 Å². The molecule has 3 rings (SSSR count). The van der Waals surface area contributed by atoms with Crippen LogP contribution < -0.4 is 15.5 Å². The summed E-state index contributed by atoms with van der Waals surface area (Å²) in [5, 5.41) is 6.42. The minimum absolute atomic E-state index is 0.0480. The van der Waals surface area contributed by atoms with Gasteiger partial charge in [-0.25, -0.2) is 0 Å². The summed E-state index contributed by atoms with van der Waals surface area (Å²) in [6, 6.07) is 13.0. The Labute approximate surface area is 167 Å². The molecule has 2 N–H and O–H groups in total. The van der Waals surface area contributed by atoms with Crippen LogP contribution in [0.15, 0.2) is 48.5 Å². The maximum atomic E-state index is 12.6. The second kappa shape index (κ2) is 8.79. The van der Waals surface area contributed by atoms with Crippen molar-refractivity contribution in [2.24, 2.45) is 0 Å². The minimum atomic E-state index is -4.35. The lowest BCUT2D eigenvalue weighted by Crippen LogP contribution is -2.36. The first kappa shape index (κ1) is 20.4. The van der Waals surface area contributed by atoms with Gasteiger partial charge < -0.3 is 20.3 Å². The molecule has 0 spiro atoms.